The first kappa shape index (κ1) is 18.6. The molecule has 3 amide bonds. The van der Waals surface area contributed by atoms with Crippen LogP contribution in [0.15, 0.2) is 17.0 Å². The Morgan fingerprint density at radius 1 is 1.42 bits per heavy atom. The normalized spacial score (nSPS) is 16.0. The maximum Gasteiger partial charge on any atom is 0.294 e. The number of methoxy groups -OCH3 is 1. The predicted octanol–water partition coefficient (Wildman–Crippen LogP) is 2.22. The first-order valence-corrected chi connectivity index (χ1v) is 8.80. The molecule has 1 aromatic carbocycles. The minimum Gasteiger partial charge on any atom is -0.493 e. The molecule has 0 radical (unpaired) electrons. The highest BCUT2D eigenvalue weighted by Crippen LogP contribution is 2.37. The van der Waals surface area contributed by atoms with Crippen LogP contribution in [0.4, 0.5) is 4.79 Å². The summed E-state index contributed by atoms with van der Waals surface area (Å²) >= 11 is 2.88. The van der Waals surface area contributed by atoms with E-state index >= 15 is 0 Å². The average Bonchev–Trinajstić information content (AvgIpc) is 2.77. The predicted molar refractivity (Wildman–Crippen MR) is 98.8 cm³/mol. The summed E-state index contributed by atoms with van der Waals surface area (Å²) in [5.74, 6) is -0.117. The Bertz CT molecular complexity index is 735. The summed E-state index contributed by atoms with van der Waals surface area (Å²) in [7, 11) is 1.53. The van der Waals surface area contributed by atoms with Crippen molar-refractivity contribution in [2.24, 2.45) is 5.73 Å². The van der Waals surface area contributed by atoms with Crippen molar-refractivity contribution < 1.29 is 23.9 Å². The number of thioether (sulfide) groups is 1. The maximum atomic E-state index is 12.2. The summed E-state index contributed by atoms with van der Waals surface area (Å²) in [4.78, 5) is 36.0. The Morgan fingerprint density at radius 3 is 2.71 bits per heavy atom. The second kappa shape index (κ2) is 7.88. The number of benzene rings is 1. The molecule has 1 aromatic rings. The number of carbonyl (C=O) groups excluding carboxylic acids is 3. The topological polar surface area (TPSA) is 98.9 Å². The van der Waals surface area contributed by atoms with Crippen LogP contribution in [-0.4, -0.2) is 42.2 Å². The summed E-state index contributed by atoms with van der Waals surface area (Å²) in [6.45, 7) is 1.95. The summed E-state index contributed by atoms with van der Waals surface area (Å²) in [6.07, 6.45) is 1.58. The second-order valence-electron chi connectivity index (χ2n) is 4.70. The number of hydrogen-bond donors (Lipinski definition) is 1. The number of carbonyl (C=O) groups is 3. The van der Waals surface area contributed by atoms with Crippen molar-refractivity contribution in [1.29, 1.82) is 0 Å². The van der Waals surface area contributed by atoms with Gasteiger partial charge in [-0.25, -0.2) is 0 Å². The third-order valence-corrected chi connectivity index (χ3v) is 4.73. The van der Waals surface area contributed by atoms with E-state index in [9.17, 15) is 14.4 Å². The SMILES string of the molecule is CCOc1c(I)cc(/C=C2\SC(=O)N(CC(N)=O)C2=O)cc1OC. The maximum absolute atomic E-state index is 12.2. The van der Waals surface area contributed by atoms with Crippen molar-refractivity contribution in [1.82, 2.24) is 4.90 Å². The van der Waals surface area contributed by atoms with E-state index in [1.165, 1.54) is 7.11 Å². The van der Waals surface area contributed by atoms with Crippen molar-refractivity contribution in [3.05, 3.63) is 26.2 Å². The van der Waals surface area contributed by atoms with Crippen LogP contribution in [0.3, 0.4) is 0 Å². The zero-order valence-corrected chi connectivity index (χ0v) is 16.0. The van der Waals surface area contributed by atoms with Crippen molar-refractivity contribution >= 4 is 57.5 Å². The molecule has 2 N–H and O–H groups in total. The van der Waals surface area contributed by atoms with Crippen LogP contribution in [0, 0.1) is 3.57 Å². The molecule has 2 rings (SSSR count). The van der Waals surface area contributed by atoms with Gasteiger partial charge in [0.15, 0.2) is 11.5 Å². The molecule has 1 heterocycles. The highest BCUT2D eigenvalue weighted by Gasteiger charge is 2.35. The zero-order chi connectivity index (χ0) is 17.9. The zero-order valence-electron chi connectivity index (χ0n) is 13.0. The average molecular weight is 462 g/mol. The van der Waals surface area contributed by atoms with Crippen LogP contribution in [-0.2, 0) is 9.59 Å². The minimum absolute atomic E-state index is 0.225. The van der Waals surface area contributed by atoms with Gasteiger partial charge in [0.05, 0.1) is 22.2 Å². The molecule has 24 heavy (non-hydrogen) atoms. The Hall–Kier alpha value is -1.75. The molecular formula is C15H15IN2O5S. The molecule has 0 unspecified atom stereocenters. The number of nitrogens with two attached hydrogens (primary N) is 1. The molecule has 0 aromatic heterocycles. The molecular weight excluding hydrogens is 447 g/mol. The lowest BCUT2D eigenvalue weighted by Gasteiger charge is -2.12. The molecule has 1 fully saturated rings. The second-order valence-corrected chi connectivity index (χ2v) is 6.86. The highest BCUT2D eigenvalue weighted by molar-refractivity contribution is 14.1. The number of amides is 3. The molecule has 1 saturated heterocycles. The number of ether oxygens (including phenoxy) is 2. The van der Waals surface area contributed by atoms with E-state index in [-0.39, 0.29) is 4.91 Å². The molecule has 9 heteroatoms. The summed E-state index contributed by atoms with van der Waals surface area (Å²) in [6, 6.07) is 3.53. The van der Waals surface area contributed by atoms with Gasteiger partial charge >= 0.3 is 0 Å². The van der Waals surface area contributed by atoms with Gasteiger partial charge < -0.3 is 15.2 Å². The van der Waals surface area contributed by atoms with E-state index < -0.39 is 23.6 Å². The fourth-order valence-electron chi connectivity index (χ4n) is 2.05. The largest absolute Gasteiger partial charge is 0.493 e. The van der Waals surface area contributed by atoms with E-state index in [2.05, 4.69) is 22.6 Å². The minimum atomic E-state index is -0.740. The van der Waals surface area contributed by atoms with Gasteiger partial charge in [0.1, 0.15) is 6.54 Å². The lowest BCUT2D eigenvalue weighted by molar-refractivity contribution is -0.127. The Kier molecular flexibility index (Phi) is 6.10. The van der Waals surface area contributed by atoms with Gasteiger partial charge in [0.2, 0.25) is 5.91 Å². The Morgan fingerprint density at radius 2 is 2.12 bits per heavy atom. The van der Waals surface area contributed by atoms with Crippen LogP contribution < -0.4 is 15.2 Å². The summed E-state index contributed by atoms with van der Waals surface area (Å²) in [5, 5.41) is -0.516. The van der Waals surface area contributed by atoms with Crippen molar-refractivity contribution in [3.8, 4) is 11.5 Å². The number of halogens is 1. The third kappa shape index (κ3) is 4.01. The first-order valence-electron chi connectivity index (χ1n) is 6.91. The molecule has 0 spiro atoms. The van der Waals surface area contributed by atoms with E-state index in [1.807, 2.05) is 13.0 Å². The van der Waals surface area contributed by atoms with Crippen molar-refractivity contribution in [3.63, 3.8) is 0 Å². The molecule has 1 aliphatic rings. The molecule has 7 nitrogen and oxygen atoms in total. The smallest absolute Gasteiger partial charge is 0.294 e. The van der Waals surface area contributed by atoms with Gasteiger partial charge in [-0.2, -0.15) is 0 Å². The van der Waals surface area contributed by atoms with E-state index in [0.717, 1.165) is 20.2 Å². The molecule has 128 valence electrons. The Balaban J connectivity index is 2.35. The van der Waals surface area contributed by atoms with Gasteiger partial charge in [-0.05, 0) is 65.0 Å². The molecule has 0 aliphatic carbocycles. The third-order valence-electron chi connectivity index (χ3n) is 3.03. The number of primary amides is 1. The van der Waals surface area contributed by atoms with Crippen molar-refractivity contribution in [2.45, 2.75) is 6.92 Å². The lowest BCUT2D eigenvalue weighted by Crippen LogP contribution is -2.36. The lowest BCUT2D eigenvalue weighted by atomic mass is 10.2. The molecule has 0 atom stereocenters. The summed E-state index contributed by atoms with van der Waals surface area (Å²) in [5.41, 5.74) is 5.74. The van der Waals surface area contributed by atoms with Gasteiger partial charge in [-0.1, -0.05) is 0 Å². The van der Waals surface area contributed by atoms with E-state index in [4.69, 9.17) is 15.2 Å². The van der Waals surface area contributed by atoms with Crippen molar-refractivity contribution in [2.75, 3.05) is 20.3 Å². The number of imide groups is 1. The summed E-state index contributed by atoms with van der Waals surface area (Å²) < 4.78 is 11.7. The van der Waals surface area contributed by atoms with E-state index in [0.29, 0.717) is 23.7 Å². The van der Waals surface area contributed by atoms with Gasteiger partial charge in [-0.15, -0.1) is 0 Å². The standard InChI is InChI=1S/C15H15IN2O5S/c1-3-23-13-9(16)4-8(5-10(13)22-2)6-11-14(20)18(7-12(17)19)15(21)24-11/h4-6H,3,7H2,1-2H3,(H2,17,19)/b11-6-. The number of rotatable bonds is 6. The van der Waals surface area contributed by atoms with Crippen LogP contribution in [0.5, 0.6) is 11.5 Å². The number of hydrogen-bond acceptors (Lipinski definition) is 6. The van der Waals surface area contributed by atoms with Crippen LogP contribution in [0.1, 0.15) is 12.5 Å². The van der Waals surface area contributed by atoms with Gasteiger partial charge in [0, 0.05) is 0 Å². The fourth-order valence-corrected chi connectivity index (χ4v) is 3.67. The first-order chi connectivity index (χ1) is 11.4. The molecule has 1 aliphatic heterocycles. The van der Waals surface area contributed by atoms with Crippen LogP contribution in [0.25, 0.3) is 6.08 Å². The highest BCUT2D eigenvalue weighted by atomic mass is 127. The molecule has 0 saturated carbocycles. The molecule has 0 bridgehead atoms. The van der Waals surface area contributed by atoms with Gasteiger partial charge in [0.25, 0.3) is 11.1 Å². The Labute approximate surface area is 156 Å². The number of nitrogens with zero attached hydrogens (tertiary/aromatic N) is 1. The quantitative estimate of drug-likeness (QED) is 0.515. The van der Waals surface area contributed by atoms with E-state index in [1.54, 1.807) is 12.1 Å². The monoisotopic (exact) mass is 462 g/mol. The fraction of sp³-hybridized carbons (Fsp3) is 0.267. The van der Waals surface area contributed by atoms with Gasteiger partial charge in [-0.3, -0.25) is 19.3 Å². The van der Waals surface area contributed by atoms with Crippen LogP contribution in [0.2, 0.25) is 0 Å². The van der Waals surface area contributed by atoms with Crippen LogP contribution >= 0.6 is 34.4 Å².